The second kappa shape index (κ2) is 5.93. The summed E-state index contributed by atoms with van der Waals surface area (Å²) in [6.45, 7) is 5.15. The van der Waals surface area contributed by atoms with Crippen molar-refractivity contribution in [3.63, 3.8) is 0 Å². The van der Waals surface area contributed by atoms with E-state index < -0.39 is 5.60 Å². The van der Waals surface area contributed by atoms with Crippen LogP contribution in [0.2, 0.25) is 0 Å². The predicted molar refractivity (Wildman–Crippen MR) is 83.7 cm³/mol. The molecule has 1 aromatic heterocycles. The third-order valence-corrected chi connectivity index (χ3v) is 5.51. The average molecular weight is 309 g/mol. The number of thiazole rings is 1. The molecule has 0 unspecified atom stereocenters. The zero-order chi connectivity index (χ0) is 14.9. The molecule has 0 spiro atoms. The largest absolute Gasteiger partial charge is 0.380 e. The Morgan fingerprint density at radius 3 is 2.67 bits per heavy atom. The van der Waals surface area contributed by atoms with Crippen molar-refractivity contribution in [1.29, 1.82) is 0 Å². The topological polar surface area (TPSA) is 56.7 Å². The van der Waals surface area contributed by atoms with Crippen LogP contribution in [0.15, 0.2) is 5.38 Å². The van der Waals surface area contributed by atoms with Gasteiger partial charge in [-0.05, 0) is 39.0 Å². The molecule has 2 heterocycles. The molecule has 0 radical (unpaired) electrons. The van der Waals surface area contributed by atoms with E-state index in [0.29, 0.717) is 19.4 Å². The Hall–Kier alpha value is -1.14. The molecule has 0 bridgehead atoms. The van der Waals surface area contributed by atoms with Crippen LogP contribution < -0.4 is 4.90 Å². The van der Waals surface area contributed by atoms with Gasteiger partial charge >= 0.3 is 0 Å². The van der Waals surface area contributed by atoms with Crippen LogP contribution >= 0.6 is 11.3 Å². The van der Waals surface area contributed by atoms with Gasteiger partial charge in [0.15, 0.2) is 5.13 Å². The summed E-state index contributed by atoms with van der Waals surface area (Å²) >= 11 is 1.66. The second-order valence-electron chi connectivity index (χ2n) is 6.14. The summed E-state index contributed by atoms with van der Waals surface area (Å²) in [7, 11) is 0. The van der Waals surface area contributed by atoms with Gasteiger partial charge in [-0.15, -0.1) is 11.3 Å². The SMILES string of the molecule is Cc1csc(N2CCCN(C(=O)C3(O)CCCC3)CC2)n1. The van der Waals surface area contributed by atoms with Crippen LogP contribution in [-0.4, -0.2) is 52.7 Å². The highest BCUT2D eigenvalue weighted by Gasteiger charge is 2.41. The number of aryl methyl sites for hydroxylation is 1. The number of hydrogen-bond donors (Lipinski definition) is 1. The van der Waals surface area contributed by atoms with Crippen LogP contribution in [0.5, 0.6) is 0 Å². The summed E-state index contributed by atoms with van der Waals surface area (Å²) in [5.74, 6) is -0.0582. The van der Waals surface area contributed by atoms with E-state index in [4.69, 9.17) is 0 Å². The molecule has 1 aliphatic heterocycles. The first kappa shape index (κ1) is 14.8. The normalized spacial score (nSPS) is 22.4. The fourth-order valence-electron chi connectivity index (χ4n) is 3.27. The van der Waals surface area contributed by atoms with Gasteiger partial charge in [-0.3, -0.25) is 4.79 Å². The third-order valence-electron chi connectivity index (χ3n) is 4.49. The molecule has 1 N–H and O–H groups in total. The number of carbonyl (C=O) groups is 1. The number of carbonyl (C=O) groups excluding carboxylic acids is 1. The van der Waals surface area contributed by atoms with Crippen LogP contribution in [0.4, 0.5) is 5.13 Å². The van der Waals surface area contributed by atoms with Crippen LogP contribution in [0.25, 0.3) is 0 Å². The van der Waals surface area contributed by atoms with Crippen LogP contribution in [0, 0.1) is 6.92 Å². The van der Waals surface area contributed by atoms with Crippen molar-refractivity contribution < 1.29 is 9.90 Å². The summed E-state index contributed by atoms with van der Waals surface area (Å²) in [5, 5.41) is 13.6. The van der Waals surface area contributed by atoms with Gasteiger partial charge in [0.1, 0.15) is 5.60 Å². The van der Waals surface area contributed by atoms with E-state index in [1.165, 1.54) is 0 Å². The van der Waals surface area contributed by atoms with E-state index in [0.717, 1.165) is 49.7 Å². The molecule has 116 valence electrons. The summed E-state index contributed by atoms with van der Waals surface area (Å²) in [4.78, 5) is 21.2. The minimum atomic E-state index is -1.09. The lowest BCUT2D eigenvalue weighted by Crippen LogP contribution is -2.48. The first-order valence-electron chi connectivity index (χ1n) is 7.77. The second-order valence-corrected chi connectivity index (χ2v) is 6.98. The van der Waals surface area contributed by atoms with Gasteiger partial charge in [-0.1, -0.05) is 0 Å². The Morgan fingerprint density at radius 2 is 2.00 bits per heavy atom. The zero-order valence-electron chi connectivity index (χ0n) is 12.5. The monoisotopic (exact) mass is 309 g/mol. The van der Waals surface area contributed by atoms with Crippen molar-refractivity contribution >= 4 is 22.4 Å². The molecule has 1 aromatic rings. The van der Waals surface area contributed by atoms with E-state index >= 15 is 0 Å². The highest BCUT2D eigenvalue weighted by atomic mass is 32.1. The van der Waals surface area contributed by atoms with Crippen molar-refractivity contribution in [2.24, 2.45) is 0 Å². The molecule has 2 aliphatic rings. The Kier molecular flexibility index (Phi) is 4.17. The Labute approximate surface area is 129 Å². The molecule has 21 heavy (non-hydrogen) atoms. The summed E-state index contributed by atoms with van der Waals surface area (Å²) in [6.07, 6.45) is 4.09. The number of nitrogens with zero attached hydrogens (tertiary/aromatic N) is 3. The number of aliphatic hydroxyl groups is 1. The number of amides is 1. The lowest BCUT2D eigenvalue weighted by atomic mass is 10.0. The predicted octanol–water partition coefficient (Wildman–Crippen LogP) is 1.80. The minimum Gasteiger partial charge on any atom is -0.380 e. The van der Waals surface area contributed by atoms with Gasteiger partial charge in [0.2, 0.25) is 0 Å². The smallest absolute Gasteiger partial charge is 0.254 e. The number of rotatable bonds is 2. The van der Waals surface area contributed by atoms with Gasteiger partial charge in [0.05, 0.1) is 5.69 Å². The first-order chi connectivity index (χ1) is 10.1. The van der Waals surface area contributed by atoms with Crippen molar-refractivity contribution in [3.05, 3.63) is 11.1 Å². The highest BCUT2D eigenvalue weighted by molar-refractivity contribution is 7.13. The maximum atomic E-state index is 12.6. The minimum absolute atomic E-state index is 0.0582. The molecule has 1 saturated carbocycles. The molecular weight excluding hydrogens is 286 g/mol. The molecule has 1 saturated heterocycles. The van der Waals surface area contributed by atoms with E-state index in [1.807, 2.05) is 11.8 Å². The molecular formula is C15H23N3O2S. The average Bonchev–Trinajstić information content (AvgIpc) is 3.02. The van der Waals surface area contributed by atoms with Gasteiger partial charge in [-0.25, -0.2) is 4.98 Å². The summed E-state index contributed by atoms with van der Waals surface area (Å²) < 4.78 is 0. The molecule has 6 heteroatoms. The lowest BCUT2D eigenvalue weighted by molar-refractivity contribution is -0.150. The van der Waals surface area contributed by atoms with Gasteiger partial charge < -0.3 is 14.9 Å². The van der Waals surface area contributed by atoms with E-state index in [-0.39, 0.29) is 5.91 Å². The van der Waals surface area contributed by atoms with Gasteiger partial charge in [0, 0.05) is 31.6 Å². The lowest BCUT2D eigenvalue weighted by Gasteiger charge is -2.29. The van der Waals surface area contributed by atoms with Crippen molar-refractivity contribution in [2.45, 2.75) is 44.6 Å². The molecule has 0 atom stereocenters. The fourth-order valence-corrected chi connectivity index (χ4v) is 4.12. The third kappa shape index (κ3) is 3.06. The highest BCUT2D eigenvalue weighted by Crippen LogP contribution is 2.31. The van der Waals surface area contributed by atoms with Crippen molar-refractivity contribution in [1.82, 2.24) is 9.88 Å². The Bertz CT molecular complexity index is 511. The standard InChI is InChI=1S/C15H23N3O2S/c1-12-11-21-14(16-12)18-8-4-7-17(9-10-18)13(19)15(20)5-2-3-6-15/h11,20H,2-10H2,1H3. The summed E-state index contributed by atoms with van der Waals surface area (Å²) in [5.41, 5.74) is -0.0418. The number of anilines is 1. The van der Waals surface area contributed by atoms with Gasteiger partial charge in [-0.2, -0.15) is 0 Å². The number of hydrogen-bond acceptors (Lipinski definition) is 5. The van der Waals surface area contributed by atoms with Gasteiger partial charge in [0.25, 0.3) is 5.91 Å². The summed E-state index contributed by atoms with van der Waals surface area (Å²) in [6, 6.07) is 0. The van der Waals surface area contributed by atoms with Crippen molar-refractivity contribution in [3.8, 4) is 0 Å². The maximum Gasteiger partial charge on any atom is 0.254 e. The molecule has 3 rings (SSSR count). The Balaban J connectivity index is 1.64. The molecule has 0 aromatic carbocycles. The van der Waals surface area contributed by atoms with E-state index in [9.17, 15) is 9.90 Å². The zero-order valence-corrected chi connectivity index (χ0v) is 13.4. The maximum absolute atomic E-state index is 12.6. The molecule has 5 nitrogen and oxygen atoms in total. The Morgan fingerprint density at radius 1 is 1.24 bits per heavy atom. The van der Waals surface area contributed by atoms with Crippen molar-refractivity contribution in [2.75, 3.05) is 31.1 Å². The molecule has 2 fully saturated rings. The van der Waals surface area contributed by atoms with Crippen LogP contribution in [0.3, 0.4) is 0 Å². The first-order valence-corrected chi connectivity index (χ1v) is 8.65. The van der Waals surface area contributed by atoms with Crippen LogP contribution in [0.1, 0.15) is 37.8 Å². The fraction of sp³-hybridized carbons (Fsp3) is 0.733. The van der Waals surface area contributed by atoms with E-state index in [2.05, 4.69) is 15.3 Å². The molecule has 1 aliphatic carbocycles. The van der Waals surface area contributed by atoms with E-state index in [1.54, 1.807) is 11.3 Å². The quantitative estimate of drug-likeness (QED) is 0.905. The number of aromatic nitrogens is 1. The van der Waals surface area contributed by atoms with Crippen LogP contribution in [-0.2, 0) is 4.79 Å². The molecule has 1 amide bonds.